The van der Waals surface area contributed by atoms with E-state index in [1.807, 2.05) is 31.2 Å². The van der Waals surface area contributed by atoms with E-state index in [-0.39, 0.29) is 5.69 Å². The number of nitrogens with zero attached hydrogens (tertiary/aromatic N) is 2. The molecule has 3 N–H and O–H groups in total. The van der Waals surface area contributed by atoms with Gasteiger partial charge >= 0.3 is 5.69 Å². The average molecular weight is 278 g/mol. The molecule has 102 valence electrons. The second kappa shape index (κ2) is 6.47. The van der Waals surface area contributed by atoms with E-state index in [0.717, 1.165) is 29.4 Å². The third kappa shape index (κ3) is 3.64. The van der Waals surface area contributed by atoms with Crippen LogP contribution in [0.1, 0.15) is 18.9 Å². The van der Waals surface area contributed by atoms with E-state index in [9.17, 15) is 4.79 Å². The second-order valence-electron chi connectivity index (χ2n) is 4.30. The van der Waals surface area contributed by atoms with Crippen molar-refractivity contribution in [3.05, 3.63) is 40.3 Å². The second-order valence-corrected chi connectivity index (χ2v) is 5.37. The molecule has 0 aliphatic heterocycles. The van der Waals surface area contributed by atoms with Gasteiger partial charge < -0.3 is 5.73 Å². The van der Waals surface area contributed by atoms with E-state index in [4.69, 9.17) is 5.73 Å². The van der Waals surface area contributed by atoms with Gasteiger partial charge in [-0.25, -0.2) is 9.89 Å². The molecular weight excluding hydrogens is 260 g/mol. The Kier molecular flexibility index (Phi) is 4.68. The number of nitrogen functional groups attached to an aromatic ring is 1. The molecule has 1 aromatic heterocycles. The number of thioether (sulfide) groups is 1. The minimum atomic E-state index is -0.128. The monoisotopic (exact) mass is 278 g/mol. The molecule has 0 spiro atoms. The van der Waals surface area contributed by atoms with Crippen LogP contribution in [0.15, 0.2) is 34.2 Å². The molecule has 0 amide bonds. The molecule has 0 aliphatic rings. The van der Waals surface area contributed by atoms with Gasteiger partial charge in [0.05, 0.1) is 0 Å². The van der Waals surface area contributed by atoms with E-state index in [0.29, 0.717) is 6.54 Å². The van der Waals surface area contributed by atoms with Crippen LogP contribution in [0.2, 0.25) is 0 Å². The van der Waals surface area contributed by atoms with Crippen molar-refractivity contribution in [2.24, 2.45) is 0 Å². The lowest BCUT2D eigenvalue weighted by Gasteiger charge is -2.04. The van der Waals surface area contributed by atoms with Gasteiger partial charge in [-0.05, 0) is 30.5 Å². The Morgan fingerprint density at radius 1 is 1.37 bits per heavy atom. The Morgan fingerprint density at radius 3 is 2.79 bits per heavy atom. The van der Waals surface area contributed by atoms with Crippen LogP contribution in [0.25, 0.3) is 0 Å². The summed E-state index contributed by atoms with van der Waals surface area (Å²) < 4.78 is 1.69. The van der Waals surface area contributed by atoms with Crippen LogP contribution < -0.4 is 11.4 Å². The van der Waals surface area contributed by atoms with Gasteiger partial charge in [-0.3, -0.25) is 4.57 Å². The number of anilines is 1. The number of aromatic amines is 1. The van der Waals surface area contributed by atoms with E-state index in [1.54, 1.807) is 16.3 Å². The standard InChI is InChI=1S/C13H18N4OS/c1-2-8-17-12(18)15-16-13(17)19-9-7-10-3-5-11(14)6-4-10/h3-6H,2,7-9,14H2,1H3,(H,15,18). The van der Waals surface area contributed by atoms with Crippen molar-refractivity contribution in [3.8, 4) is 0 Å². The first kappa shape index (κ1) is 13.7. The van der Waals surface area contributed by atoms with Crippen molar-refractivity contribution >= 4 is 17.4 Å². The minimum absolute atomic E-state index is 0.128. The summed E-state index contributed by atoms with van der Waals surface area (Å²) in [7, 11) is 0. The Labute approximate surface area is 116 Å². The zero-order valence-corrected chi connectivity index (χ0v) is 11.7. The van der Waals surface area contributed by atoms with Crippen molar-refractivity contribution in [2.75, 3.05) is 11.5 Å². The number of nitrogens with two attached hydrogens (primary N) is 1. The quantitative estimate of drug-likeness (QED) is 0.625. The molecule has 0 saturated carbocycles. The molecule has 1 aromatic carbocycles. The van der Waals surface area contributed by atoms with Crippen LogP contribution in [-0.4, -0.2) is 20.5 Å². The third-order valence-electron chi connectivity index (χ3n) is 2.77. The number of aromatic nitrogens is 3. The minimum Gasteiger partial charge on any atom is -0.399 e. The zero-order valence-electron chi connectivity index (χ0n) is 10.9. The average Bonchev–Trinajstić information content (AvgIpc) is 2.74. The molecule has 2 rings (SSSR count). The fourth-order valence-electron chi connectivity index (χ4n) is 1.78. The van der Waals surface area contributed by atoms with E-state index in [2.05, 4.69) is 10.2 Å². The highest BCUT2D eigenvalue weighted by atomic mass is 32.2. The fraction of sp³-hybridized carbons (Fsp3) is 0.385. The number of nitrogens with one attached hydrogen (secondary N) is 1. The van der Waals surface area contributed by atoms with Gasteiger partial charge in [-0.2, -0.15) is 0 Å². The normalized spacial score (nSPS) is 10.8. The molecule has 2 aromatic rings. The molecule has 0 saturated heterocycles. The number of benzene rings is 1. The van der Waals surface area contributed by atoms with E-state index < -0.39 is 0 Å². The topological polar surface area (TPSA) is 76.7 Å². The SMILES string of the molecule is CCCn1c(SCCc2ccc(N)cc2)n[nH]c1=O. The lowest BCUT2D eigenvalue weighted by Crippen LogP contribution is -2.17. The van der Waals surface area contributed by atoms with Crippen LogP contribution >= 0.6 is 11.8 Å². The maximum absolute atomic E-state index is 11.5. The molecule has 0 aliphatic carbocycles. The van der Waals surface area contributed by atoms with Gasteiger partial charge in [0.2, 0.25) is 0 Å². The molecule has 0 atom stereocenters. The Hall–Kier alpha value is -1.69. The number of aryl methyl sites for hydroxylation is 1. The summed E-state index contributed by atoms with van der Waals surface area (Å²) in [4.78, 5) is 11.5. The largest absolute Gasteiger partial charge is 0.399 e. The van der Waals surface area contributed by atoms with Crippen LogP contribution in [0.3, 0.4) is 0 Å². The molecule has 19 heavy (non-hydrogen) atoms. The summed E-state index contributed by atoms with van der Waals surface area (Å²) >= 11 is 1.60. The van der Waals surface area contributed by atoms with Crippen molar-refractivity contribution in [3.63, 3.8) is 0 Å². The van der Waals surface area contributed by atoms with Gasteiger partial charge in [0.15, 0.2) is 5.16 Å². The number of H-pyrrole nitrogens is 1. The van der Waals surface area contributed by atoms with Gasteiger partial charge in [0, 0.05) is 18.0 Å². The molecular formula is C13H18N4OS. The summed E-state index contributed by atoms with van der Waals surface area (Å²) in [6.07, 6.45) is 1.85. The summed E-state index contributed by atoms with van der Waals surface area (Å²) in [5, 5.41) is 7.31. The van der Waals surface area contributed by atoms with Gasteiger partial charge in [-0.15, -0.1) is 5.10 Å². The van der Waals surface area contributed by atoms with Crippen LogP contribution in [0, 0.1) is 0 Å². The molecule has 6 heteroatoms. The fourth-order valence-corrected chi connectivity index (χ4v) is 2.74. The lowest BCUT2D eigenvalue weighted by molar-refractivity contribution is 0.604. The molecule has 0 fully saturated rings. The molecule has 0 radical (unpaired) electrons. The predicted octanol–water partition coefficient (Wildman–Crippen LogP) is 1.90. The lowest BCUT2D eigenvalue weighted by atomic mass is 10.2. The number of hydrogen-bond donors (Lipinski definition) is 2. The predicted molar refractivity (Wildman–Crippen MR) is 78.4 cm³/mol. The highest BCUT2D eigenvalue weighted by molar-refractivity contribution is 7.99. The highest BCUT2D eigenvalue weighted by Crippen LogP contribution is 2.16. The first-order valence-corrected chi connectivity index (χ1v) is 7.31. The first-order valence-electron chi connectivity index (χ1n) is 6.33. The van der Waals surface area contributed by atoms with Gasteiger partial charge in [-0.1, -0.05) is 30.8 Å². The molecule has 0 unspecified atom stereocenters. The maximum atomic E-state index is 11.5. The summed E-state index contributed by atoms with van der Waals surface area (Å²) in [6.45, 7) is 2.75. The van der Waals surface area contributed by atoms with Gasteiger partial charge in [0.1, 0.15) is 0 Å². The molecule has 0 bridgehead atoms. The molecule has 5 nitrogen and oxygen atoms in total. The zero-order chi connectivity index (χ0) is 13.7. The maximum Gasteiger partial charge on any atom is 0.343 e. The summed E-state index contributed by atoms with van der Waals surface area (Å²) in [5.41, 5.74) is 7.53. The Morgan fingerprint density at radius 2 is 2.11 bits per heavy atom. The number of hydrogen-bond acceptors (Lipinski definition) is 4. The third-order valence-corrected chi connectivity index (χ3v) is 3.75. The number of rotatable bonds is 6. The Bertz CT molecular complexity index is 573. The Balaban J connectivity index is 1.92. The van der Waals surface area contributed by atoms with E-state index in [1.165, 1.54) is 5.56 Å². The van der Waals surface area contributed by atoms with Gasteiger partial charge in [0.25, 0.3) is 0 Å². The summed E-state index contributed by atoms with van der Waals surface area (Å²) in [6, 6.07) is 7.86. The smallest absolute Gasteiger partial charge is 0.343 e. The van der Waals surface area contributed by atoms with Crippen LogP contribution in [-0.2, 0) is 13.0 Å². The van der Waals surface area contributed by atoms with Crippen molar-refractivity contribution in [2.45, 2.75) is 31.5 Å². The van der Waals surface area contributed by atoms with Crippen LogP contribution in [0.4, 0.5) is 5.69 Å². The highest BCUT2D eigenvalue weighted by Gasteiger charge is 2.07. The van der Waals surface area contributed by atoms with Crippen molar-refractivity contribution in [1.82, 2.24) is 14.8 Å². The van der Waals surface area contributed by atoms with Crippen molar-refractivity contribution < 1.29 is 0 Å². The summed E-state index contributed by atoms with van der Waals surface area (Å²) in [5.74, 6) is 0.887. The molecule has 1 heterocycles. The first-order chi connectivity index (χ1) is 9.20. The van der Waals surface area contributed by atoms with Crippen molar-refractivity contribution in [1.29, 1.82) is 0 Å². The van der Waals surface area contributed by atoms with Crippen LogP contribution in [0.5, 0.6) is 0 Å². The van der Waals surface area contributed by atoms with E-state index >= 15 is 0 Å².